The maximum atomic E-state index is 12.1. The van der Waals surface area contributed by atoms with Crippen molar-refractivity contribution in [2.24, 2.45) is 0 Å². The molecule has 7 heteroatoms. The predicted molar refractivity (Wildman–Crippen MR) is 73.0 cm³/mol. The molecule has 0 aliphatic rings. The van der Waals surface area contributed by atoms with Crippen molar-refractivity contribution >= 4 is 31.6 Å². The maximum absolute atomic E-state index is 12.1. The minimum atomic E-state index is -3.58. The van der Waals surface area contributed by atoms with Crippen LogP contribution in [0, 0.1) is 13.8 Å². The number of benzene rings is 1. The van der Waals surface area contributed by atoms with Gasteiger partial charge in [-0.25, -0.2) is 8.42 Å². The van der Waals surface area contributed by atoms with Gasteiger partial charge in [0.15, 0.2) is 0 Å². The van der Waals surface area contributed by atoms with Gasteiger partial charge in [-0.15, -0.1) is 0 Å². The van der Waals surface area contributed by atoms with Crippen molar-refractivity contribution in [2.75, 3.05) is 4.72 Å². The first-order valence-electron chi connectivity index (χ1n) is 5.20. The lowest BCUT2D eigenvalue weighted by molar-refractivity contribution is 0.601. The van der Waals surface area contributed by atoms with Crippen LogP contribution in [0.25, 0.3) is 0 Å². The summed E-state index contributed by atoms with van der Waals surface area (Å²) in [5.41, 5.74) is 1.80. The molecule has 2 aromatic rings. The molecule has 2 rings (SSSR count). The molecule has 0 saturated carbocycles. The third-order valence-electron chi connectivity index (χ3n) is 2.49. The minimum Gasteiger partial charge on any atom is -0.280 e. The topological polar surface area (TPSA) is 74.8 Å². The molecule has 0 saturated heterocycles. The summed E-state index contributed by atoms with van der Waals surface area (Å²) in [6, 6.07) is 6.45. The second kappa shape index (κ2) is 4.74. The van der Waals surface area contributed by atoms with Crippen LogP contribution in [0.4, 0.5) is 5.69 Å². The summed E-state index contributed by atoms with van der Waals surface area (Å²) in [6.45, 7) is 3.50. The van der Waals surface area contributed by atoms with Gasteiger partial charge in [0.05, 0.1) is 22.0 Å². The lowest BCUT2D eigenvalue weighted by Gasteiger charge is -2.08. The van der Waals surface area contributed by atoms with Gasteiger partial charge in [0.25, 0.3) is 10.0 Å². The second-order valence-electron chi connectivity index (χ2n) is 3.87. The van der Waals surface area contributed by atoms with Gasteiger partial charge in [-0.2, -0.15) is 5.10 Å². The number of halogens is 1. The van der Waals surface area contributed by atoms with Crippen LogP contribution < -0.4 is 4.72 Å². The normalized spacial score (nSPS) is 11.5. The Labute approximate surface area is 114 Å². The molecule has 0 aliphatic heterocycles. The molecule has 2 N–H and O–H groups in total. The predicted octanol–water partition coefficient (Wildman–Crippen LogP) is 2.59. The lowest BCUT2D eigenvalue weighted by atomic mass is 10.3. The van der Waals surface area contributed by atoms with E-state index in [4.69, 9.17) is 0 Å². The van der Waals surface area contributed by atoms with Gasteiger partial charge >= 0.3 is 0 Å². The summed E-state index contributed by atoms with van der Waals surface area (Å²) in [5.74, 6) is 0. The molecule has 0 fully saturated rings. The van der Waals surface area contributed by atoms with E-state index < -0.39 is 10.0 Å². The zero-order chi connectivity index (χ0) is 13.3. The van der Waals surface area contributed by atoms with Gasteiger partial charge < -0.3 is 0 Å². The Hall–Kier alpha value is -1.34. The van der Waals surface area contributed by atoms with E-state index in [0.717, 1.165) is 4.47 Å². The summed E-state index contributed by atoms with van der Waals surface area (Å²) in [6.07, 6.45) is 0. The van der Waals surface area contributed by atoms with Crippen molar-refractivity contribution in [1.82, 2.24) is 10.2 Å². The van der Waals surface area contributed by atoms with E-state index in [-0.39, 0.29) is 4.90 Å². The molecular formula is C11H12BrN3O2S. The number of hydrogen-bond acceptors (Lipinski definition) is 3. The highest BCUT2D eigenvalue weighted by Crippen LogP contribution is 2.22. The van der Waals surface area contributed by atoms with E-state index in [1.165, 1.54) is 12.1 Å². The van der Waals surface area contributed by atoms with Crippen molar-refractivity contribution < 1.29 is 8.42 Å². The number of H-pyrrole nitrogens is 1. The Morgan fingerprint density at radius 1 is 1.22 bits per heavy atom. The molecule has 1 aromatic heterocycles. The first-order valence-corrected chi connectivity index (χ1v) is 7.48. The summed E-state index contributed by atoms with van der Waals surface area (Å²) in [5, 5.41) is 6.68. The molecule has 0 spiro atoms. The van der Waals surface area contributed by atoms with E-state index >= 15 is 0 Å². The van der Waals surface area contributed by atoms with Crippen molar-refractivity contribution in [2.45, 2.75) is 18.7 Å². The summed E-state index contributed by atoms with van der Waals surface area (Å²) in [7, 11) is -3.58. The zero-order valence-corrected chi connectivity index (χ0v) is 12.3. The number of rotatable bonds is 3. The number of aromatic amines is 1. The van der Waals surface area contributed by atoms with Gasteiger partial charge in [-0.05, 0) is 38.1 Å². The van der Waals surface area contributed by atoms with Crippen LogP contribution in [0.2, 0.25) is 0 Å². The smallest absolute Gasteiger partial charge is 0.262 e. The summed E-state index contributed by atoms with van der Waals surface area (Å²) >= 11 is 3.27. The molecule has 0 bridgehead atoms. The maximum Gasteiger partial charge on any atom is 0.262 e. The first-order chi connectivity index (χ1) is 8.40. The van der Waals surface area contributed by atoms with E-state index in [2.05, 4.69) is 30.8 Å². The molecule has 1 aromatic carbocycles. The van der Waals surface area contributed by atoms with Gasteiger partial charge in [-0.3, -0.25) is 9.82 Å². The van der Waals surface area contributed by atoms with Gasteiger partial charge in [0.1, 0.15) is 0 Å². The molecule has 0 unspecified atom stereocenters. The second-order valence-corrected chi connectivity index (χ2v) is 6.47. The number of nitrogens with zero attached hydrogens (tertiary/aromatic N) is 1. The Bertz CT molecular complexity index is 643. The third kappa shape index (κ3) is 2.56. The van der Waals surface area contributed by atoms with Crippen LogP contribution in [0.3, 0.4) is 0 Å². The average molecular weight is 330 g/mol. The Morgan fingerprint density at radius 2 is 1.83 bits per heavy atom. The highest BCUT2D eigenvalue weighted by atomic mass is 79.9. The summed E-state index contributed by atoms with van der Waals surface area (Å²) < 4.78 is 27.7. The fourth-order valence-electron chi connectivity index (χ4n) is 1.51. The van der Waals surface area contributed by atoms with Crippen LogP contribution >= 0.6 is 15.9 Å². The molecule has 5 nitrogen and oxygen atoms in total. The van der Waals surface area contributed by atoms with E-state index in [1.54, 1.807) is 26.0 Å². The van der Waals surface area contributed by atoms with E-state index in [9.17, 15) is 8.42 Å². The molecule has 0 aliphatic carbocycles. The number of sulfonamides is 1. The highest BCUT2D eigenvalue weighted by molar-refractivity contribution is 9.10. The summed E-state index contributed by atoms with van der Waals surface area (Å²) in [4.78, 5) is 0.214. The SMILES string of the molecule is Cc1n[nH]c(C)c1NS(=O)(=O)c1ccc(Br)cc1. The van der Waals surface area contributed by atoms with Crippen molar-refractivity contribution in [3.63, 3.8) is 0 Å². The van der Waals surface area contributed by atoms with E-state index in [1.807, 2.05) is 0 Å². The third-order valence-corrected chi connectivity index (χ3v) is 4.38. The van der Waals surface area contributed by atoms with Crippen molar-refractivity contribution in [1.29, 1.82) is 0 Å². The van der Waals surface area contributed by atoms with Crippen molar-refractivity contribution in [3.8, 4) is 0 Å². The molecule has 1 heterocycles. The number of aryl methyl sites for hydroxylation is 2. The first kappa shape index (κ1) is 13.1. The standard InChI is InChI=1S/C11H12BrN3O2S/c1-7-11(8(2)14-13-7)15-18(16,17)10-5-3-9(12)4-6-10/h3-6,15H,1-2H3,(H,13,14). The number of anilines is 1. The fourth-order valence-corrected chi connectivity index (χ4v) is 2.95. The monoisotopic (exact) mass is 329 g/mol. The molecule has 0 radical (unpaired) electrons. The van der Waals surface area contributed by atoms with Crippen LogP contribution in [0.1, 0.15) is 11.4 Å². The van der Waals surface area contributed by atoms with Crippen molar-refractivity contribution in [3.05, 3.63) is 40.1 Å². The van der Waals surface area contributed by atoms with Crippen LogP contribution in [0.5, 0.6) is 0 Å². The van der Waals surface area contributed by atoms with Gasteiger partial charge in [0, 0.05) is 4.47 Å². The Morgan fingerprint density at radius 3 is 2.33 bits per heavy atom. The number of nitrogens with one attached hydrogen (secondary N) is 2. The highest BCUT2D eigenvalue weighted by Gasteiger charge is 2.17. The van der Waals surface area contributed by atoms with Gasteiger partial charge in [-0.1, -0.05) is 15.9 Å². The fraction of sp³-hybridized carbons (Fsp3) is 0.182. The molecule has 0 amide bonds. The number of hydrogen-bond donors (Lipinski definition) is 2. The molecule has 0 atom stereocenters. The quantitative estimate of drug-likeness (QED) is 0.908. The zero-order valence-electron chi connectivity index (χ0n) is 9.86. The minimum absolute atomic E-state index is 0.214. The van der Waals surface area contributed by atoms with E-state index in [0.29, 0.717) is 17.1 Å². The van der Waals surface area contributed by atoms with Crippen LogP contribution in [-0.4, -0.2) is 18.6 Å². The van der Waals surface area contributed by atoms with Crippen LogP contribution in [0.15, 0.2) is 33.6 Å². The molecule has 18 heavy (non-hydrogen) atoms. The molecule has 96 valence electrons. The number of aromatic nitrogens is 2. The molecular weight excluding hydrogens is 318 g/mol. The average Bonchev–Trinajstić information content (AvgIpc) is 2.61. The Balaban J connectivity index is 2.36. The Kier molecular flexibility index (Phi) is 3.45. The largest absolute Gasteiger partial charge is 0.280 e. The van der Waals surface area contributed by atoms with Gasteiger partial charge in [0.2, 0.25) is 0 Å². The lowest BCUT2D eigenvalue weighted by Crippen LogP contribution is -2.13. The van der Waals surface area contributed by atoms with Crippen LogP contribution in [-0.2, 0) is 10.0 Å².